The van der Waals surface area contributed by atoms with Crippen molar-refractivity contribution in [2.45, 2.75) is 42.8 Å². The molecule has 12 heteroatoms. The molecule has 1 amide bonds. The Hall–Kier alpha value is -4.70. The molecule has 2 aliphatic rings. The summed E-state index contributed by atoms with van der Waals surface area (Å²) in [7, 11) is -1.44. The van der Waals surface area contributed by atoms with Crippen LogP contribution < -0.4 is 19.1 Å². The fourth-order valence-corrected chi connectivity index (χ4v) is 7.93. The van der Waals surface area contributed by atoms with E-state index in [-0.39, 0.29) is 16.1 Å². The molecule has 11 nitrogen and oxygen atoms in total. The number of fused-ring (bicyclic) bond motifs is 1. The Bertz CT molecular complexity index is 1870. The summed E-state index contributed by atoms with van der Waals surface area (Å²) in [4.78, 5) is 21.7. The van der Waals surface area contributed by atoms with E-state index in [0.29, 0.717) is 54.4 Å². The lowest BCUT2D eigenvalue weighted by molar-refractivity contribution is -0.127. The Balaban J connectivity index is 1.68. The van der Waals surface area contributed by atoms with Crippen LogP contribution in [0.2, 0.25) is 0 Å². The number of nitriles is 1. The van der Waals surface area contributed by atoms with Gasteiger partial charge in [-0.05, 0) is 79.5 Å². The molecule has 0 radical (unpaired) electrons. The summed E-state index contributed by atoms with van der Waals surface area (Å²) in [6, 6.07) is 17.8. The van der Waals surface area contributed by atoms with Crippen LogP contribution in [0.1, 0.15) is 54.0 Å². The highest BCUT2D eigenvalue weighted by Crippen LogP contribution is 2.56. The van der Waals surface area contributed by atoms with Gasteiger partial charge in [-0.25, -0.2) is 17.7 Å². The molecule has 0 bridgehead atoms. The van der Waals surface area contributed by atoms with Crippen LogP contribution in [0.15, 0.2) is 82.4 Å². The van der Waals surface area contributed by atoms with Gasteiger partial charge in [-0.1, -0.05) is 13.0 Å². The number of carbonyl (C=O) groups is 1. The van der Waals surface area contributed by atoms with E-state index in [2.05, 4.69) is 16.4 Å². The summed E-state index contributed by atoms with van der Waals surface area (Å²) in [5.41, 5.74) is 0.427. The molecule has 1 fully saturated rings. The zero-order chi connectivity index (χ0) is 31.8. The third-order valence-electron chi connectivity index (χ3n) is 8.48. The van der Waals surface area contributed by atoms with E-state index in [0.717, 1.165) is 16.4 Å². The third kappa shape index (κ3) is 4.84. The third-order valence-corrected chi connectivity index (χ3v) is 10.2. The number of hydrogen-bond donors (Lipinski definition) is 1. The molecule has 1 unspecified atom stereocenters. The smallest absolute Gasteiger partial charge is 0.271 e. The zero-order valence-corrected chi connectivity index (χ0v) is 26.0. The van der Waals surface area contributed by atoms with Gasteiger partial charge < -0.3 is 19.2 Å². The predicted octanol–water partition coefficient (Wildman–Crippen LogP) is 4.49. The molecule has 0 spiro atoms. The number of nitrogens with one attached hydrogen (secondary N) is 1. The van der Waals surface area contributed by atoms with E-state index in [4.69, 9.17) is 13.9 Å². The maximum absolute atomic E-state index is 15.4. The van der Waals surface area contributed by atoms with Crippen LogP contribution in [-0.4, -0.2) is 51.5 Å². The molecule has 1 N–H and O–H groups in total. The lowest BCUT2D eigenvalue weighted by atomic mass is 9.79. The lowest BCUT2D eigenvalue weighted by Crippen LogP contribution is -2.54. The predicted molar refractivity (Wildman–Crippen MR) is 165 cm³/mol. The maximum Gasteiger partial charge on any atom is 0.271 e. The number of hydrogen-bond acceptors (Lipinski definition) is 10. The number of oxazole rings is 1. The zero-order valence-electron chi connectivity index (χ0n) is 25.2. The fourth-order valence-electron chi connectivity index (χ4n) is 6.47. The molecule has 3 aromatic carbocycles. The van der Waals surface area contributed by atoms with Crippen molar-refractivity contribution >= 4 is 21.6 Å². The first-order valence-electron chi connectivity index (χ1n) is 14.6. The van der Waals surface area contributed by atoms with Gasteiger partial charge in [0, 0.05) is 24.2 Å². The van der Waals surface area contributed by atoms with Crippen LogP contribution in [0.4, 0.5) is 5.69 Å². The SMILES string of the molecule is CCNCc1ccc(OC)c(C2(N3CCC[C@H]3c3ncco3)C(=O)N(S(=O)(=O)c3ccc(OC)cc3)c3ccc(C#N)cc32)c1. The Labute approximate surface area is 262 Å². The molecule has 1 aromatic heterocycles. The summed E-state index contributed by atoms with van der Waals surface area (Å²) in [6.45, 7) is 3.66. The quantitative estimate of drug-likeness (QED) is 0.268. The van der Waals surface area contributed by atoms with Crippen molar-refractivity contribution in [2.75, 3.05) is 31.6 Å². The normalized spacial score (nSPS) is 19.8. The molecular formula is C33H33N5O6S. The topological polar surface area (TPSA) is 138 Å². The fraction of sp³-hybridized carbons (Fsp3) is 0.303. The van der Waals surface area contributed by atoms with Gasteiger partial charge in [-0.15, -0.1) is 0 Å². The minimum atomic E-state index is -4.44. The summed E-state index contributed by atoms with van der Waals surface area (Å²) in [5, 5.41) is 13.3. The van der Waals surface area contributed by atoms with E-state index in [1.54, 1.807) is 18.3 Å². The number of nitrogens with zero attached hydrogens (tertiary/aromatic N) is 4. The number of benzene rings is 3. The molecule has 3 heterocycles. The molecule has 0 saturated carbocycles. The highest BCUT2D eigenvalue weighted by Gasteiger charge is 2.62. The van der Waals surface area contributed by atoms with Gasteiger partial charge in [-0.2, -0.15) is 5.26 Å². The van der Waals surface area contributed by atoms with Crippen LogP contribution in [0.25, 0.3) is 0 Å². The van der Waals surface area contributed by atoms with Crippen molar-refractivity contribution in [2.24, 2.45) is 0 Å². The van der Waals surface area contributed by atoms with Crippen LogP contribution in [0.5, 0.6) is 11.5 Å². The number of carbonyl (C=O) groups excluding carboxylic acids is 1. The summed E-state index contributed by atoms with van der Waals surface area (Å²) in [6.07, 6.45) is 4.34. The number of methoxy groups -OCH3 is 2. The average Bonchev–Trinajstić information content (AvgIpc) is 3.82. The molecule has 232 valence electrons. The Morgan fingerprint density at radius 1 is 1.09 bits per heavy atom. The highest BCUT2D eigenvalue weighted by atomic mass is 32.2. The molecule has 0 aliphatic carbocycles. The first-order chi connectivity index (χ1) is 21.8. The van der Waals surface area contributed by atoms with Crippen molar-refractivity contribution in [1.82, 2.24) is 15.2 Å². The minimum Gasteiger partial charge on any atom is -0.497 e. The monoisotopic (exact) mass is 627 g/mol. The van der Waals surface area contributed by atoms with Crippen molar-refractivity contribution < 1.29 is 27.1 Å². The number of likely N-dealkylation sites (tertiary alicyclic amines) is 1. The standard InChI is InChI=1S/C33H33N5O6S/c1-4-35-21-23-8-14-30(43-3)27(19-23)33(37-16-5-6-29(37)31-36-15-17-44-31)26-18-22(20-34)7-13-28(26)38(32(33)39)45(40,41)25-11-9-24(42-2)10-12-25/h7-15,17-19,29,35H,4-6,16,21H2,1-3H3/t29-,33?/m0/s1. The Morgan fingerprint density at radius 3 is 2.56 bits per heavy atom. The Morgan fingerprint density at radius 2 is 1.89 bits per heavy atom. The van der Waals surface area contributed by atoms with E-state index in [9.17, 15) is 13.7 Å². The van der Waals surface area contributed by atoms with Crippen molar-refractivity contribution in [3.8, 4) is 17.6 Å². The largest absolute Gasteiger partial charge is 0.497 e. The van der Waals surface area contributed by atoms with Gasteiger partial charge in [0.2, 0.25) is 5.89 Å². The van der Waals surface area contributed by atoms with Crippen LogP contribution in [0.3, 0.4) is 0 Å². The highest BCUT2D eigenvalue weighted by molar-refractivity contribution is 7.93. The van der Waals surface area contributed by atoms with Crippen molar-refractivity contribution in [3.05, 3.63) is 101 Å². The van der Waals surface area contributed by atoms with Crippen LogP contribution in [-0.2, 0) is 26.9 Å². The first kappa shape index (κ1) is 30.3. The van der Waals surface area contributed by atoms with Gasteiger partial charge in [0.15, 0.2) is 5.54 Å². The van der Waals surface area contributed by atoms with Gasteiger partial charge in [-0.3, -0.25) is 9.69 Å². The molecular weight excluding hydrogens is 594 g/mol. The molecule has 2 aliphatic heterocycles. The van der Waals surface area contributed by atoms with Gasteiger partial charge >= 0.3 is 0 Å². The second-order valence-corrected chi connectivity index (χ2v) is 12.6. The first-order valence-corrected chi connectivity index (χ1v) is 16.1. The lowest BCUT2D eigenvalue weighted by Gasteiger charge is -2.41. The van der Waals surface area contributed by atoms with Crippen LogP contribution in [0, 0.1) is 11.3 Å². The second-order valence-electron chi connectivity index (χ2n) is 10.8. The number of rotatable bonds is 10. The molecule has 1 saturated heterocycles. The van der Waals surface area contributed by atoms with E-state index in [1.165, 1.54) is 56.9 Å². The number of anilines is 1. The summed E-state index contributed by atoms with van der Waals surface area (Å²) in [5.74, 6) is 0.583. The summed E-state index contributed by atoms with van der Waals surface area (Å²) < 4.78 is 46.7. The number of aromatic nitrogens is 1. The molecule has 4 aromatic rings. The van der Waals surface area contributed by atoms with Crippen molar-refractivity contribution in [1.29, 1.82) is 5.26 Å². The van der Waals surface area contributed by atoms with Gasteiger partial charge in [0.25, 0.3) is 15.9 Å². The Kier molecular flexibility index (Phi) is 8.09. The van der Waals surface area contributed by atoms with Crippen LogP contribution >= 0.6 is 0 Å². The summed E-state index contributed by atoms with van der Waals surface area (Å²) >= 11 is 0. The van der Waals surface area contributed by atoms with E-state index in [1.807, 2.05) is 24.0 Å². The minimum absolute atomic E-state index is 0.0821. The molecule has 2 atom stereocenters. The van der Waals surface area contributed by atoms with E-state index < -0.39 is 27.5 Å². The number of sulfonamides is 1. The van der Waals surface area contributed by atoms with Crippen molar-refractivity contribution in [3.63, 3.8) is 0 Å². The molecule has 45 heavy (non-hydrogen) atoms. The number of amides is 1. The number of ether oxygens (including phenoxy) is 2. The second kappa shape index (κ2) is 12.0. The average molecular weight is 628 g/mol. The van der Waals surface area contributed by atoms with Gasteiger partial charge in [0.05, 0.1) is 48.7 Å². The van der Waals surface area contributed by atoms with Gasteiger partial charge in [0.1, 0.15) is 17.8 Å². The van der Waals surface area contributed by atoms with E-state index >= 15 is 4.79 Å². The maximum atomic E-state index is 15.4. The molecule has 6 rings (SSSR count).